The van der Waals surface area contributed by atoms with Crippen molar-refractivity contribution in [3.05, 3.63) is 53.1 Å². The molecule has 0 radical (unpaired) electrons. The van der Waals surface area contributed by atoms with Gasteiger partial charge in [-0.25, -0.2) is 4.98 Å². The van der Waals surface area contributed by atoms with Gasteiger partial charge in [-0.05, 0) is 23.6 Å². The van der Waals surface area contributed by atoms with Crippen molar-refractivity contribution in [3.8, 4) is 9.88 Å². The SMILES string of the molecule is O=C(CCNC(=O)c1csc(-c2cccs2)n1)Nc1cccnc1. The van der Waals surface area contributed by atoms with Gasteiger partial charge in [-0.15, -0.1) is 22.7 Å². The van der Waals surface area contributed by atoms with Crippen molar-refractivity contribution >= 4 is 40.2 Å². The summed E-state index contributed by atoms with van der Waals surface area (Å²) in [5.74, 6) is -0.455. The van der Waals surface area contributed by atoms with Crippen LogP contribution in [0.3, 0.4) is 0 Å². The molecule has 0 spiro atoms. The Balaban J connectivity index is 1.46. The van der Waals surface area contributed by atoms with E-state index in [-0.39, 0.29) is 24.8 Å². The molecule has 8 heteroatoms. The number of hydrogen-bond donors (Lipinski definition) is 2. The molecule has 0 fully saturated rings. The lowest BCUT2D eigenvalue weighted by Gasteiger charge is -2.05. The van der Waals surface area contributed by atoms with Gasteiger partial charge in [0.2, 0.25) is 5.91 Å². The lowest BCUT2D eigenvalue weighted by molar-refractivity contribution is -0.116. The summed E-state index contributed by atoms with van der Waals surface area (Å²) >= 11 is 3.01. The van der Waals surface area contributed by atoms with E-state index in [4.69, 9.17) is 0 Å². The van der Waals surface area contributed by atoms with E-state index in [1.807, 2.05) is 17.5 Å². The molecule has 0 bridgehead atoms. The van der Waals surface area contributed by atoms with E-state index in [1.165, 1.54) is 11.3 Å². The molecule has 3 aromatic heterocycles. The zero-order valence-corrected chi connectivity index (χ0v) is 14.2. The third-order valence-electron chi connectivity index (χ3n) is 3.05. The van der Waals surface area contributed by atoms with Gasteiger partial charge in [0.25, 0.3) is 5.91 Å². The largest absolute Gasteiger partial charge is 0.350 e. The van der Waals surface area contributed by atoms with E-state index in [1.54, 1.807) is 41.2 Å². The maximum Gasteiger partial charge on any atom is 0.270 e. The van der Waals surface area contributed by atoms with Crippen LogP contribution in [0.1, 0.15) is 16.9 Å². The Bertz CT molecular complexity index is 816. The van der Waals surface area contributed by atoms with Crippen molar-refractivity contribution in [3.63, 3.8) is 0 Å². The van der Waals surface area contributed by atoms with Crippen molar-refractivity contribution in [1.29, 1.82) is 0 Å². The lowest BCUT2D eigenvalue weighted by Crippen LogP contribution is -2.27. The maximum atomic E-state index is 12.1. The number of amides is 2. The first-order valence-corrected chi connectivity index (χ1v) is 8.96. The van der Waals surface area contributed by atoms with Crippen LogP contribution in [-0.2, 0) is 4.79 Å². The predicted octanol–water partition coefficient (Wildman–Crippen LogP) is 3.03. The summed E-state index contributed by atoms with van der Waals surface area (Å²) in [6, 6.07) is 7.41. The number of thiophene rings is 1. The van der Waals surface area contributed by atoms with Gasteiger partial charge in [0.15, 0.2) is 0 Å². The highest BCUT2D eigenvalue weighted by molar-refractivity contribution is 7.20. The Morgan fingerprint density at radius 3 is 2.83 bits per heavy atom. The smallest absolute Gasteiger partial charge is 0.270 e. The van der Waals surface area contributed by atoms with Gasteiger partial charge >= 0.3 is 0 Å². The van der Waals surface area contributed by atoms with E-state index < -0.39 is 0 Å². The molecular weight excluding hydrogens is 344 g/mol. The number of hydrogen-bond acceptors (Lipinski definition) is 6. The number of carbonyl (C=O) groups excluding carboxylic acids is 2. The number of thiazole rings is 1. The number of anilines is 1. The first-order valence-electron chi connectivity index (χ1n) is 7.20. The topological polar surface area (TPSA) is 84.0 Å². The first-order chi connectivity index (χ1) is 11.7. The molecule has 2 amide bonds. The van der Waals surface area contributed by atoms with Crippen molar-refractivity contribution in [1.82, 2.24) is 15.3 Å². The third kappa shape index (κ3) is 4.24. The average Bonchev–Trinajstić information content (AvgIpc) is 3.27. The van der Waals surface area contributed by atoms with E-state index in [2.05, 4.69) is 20.6 Å². The molecule has 122 valence electrons. The van der Waals surface area contributed by atoms with Crippen LogP contribution >= 0.6 is 22.7 Å². The maximum absolute atomic E-state index is 12.1. The summed E-state index contributed by atoms with van der Waals surface area (Å²) in [6.45, 7) is 0.247. The summed E-state index contributed by atoms with van der Waals surface area (Å²) in [6.07, 6.45) is 3.38. The Kier molecular flexibility index (Phi) is 5.29. The summed E-state index contributed by atoms with van der Waals surface area (Å²) in [4.78, 5) is 33.1. The Morgan fingerprint density at radius 2 is 2.08 bits per heavy atom. The van der Waals surface area contributed by atoms with Crippen LogP contribution in [0.2, 0.25) is 0 Å². The highest BCUT2D eigenvalue weighted by Gasteiger charge is 2.12. The Morgan fingerprint density at radius 1 is 1.17 bits per heavy atom. The third-order valence-corrected chi connectivity index (χ3v) is 4.93. The van der Waals surface area contributed by atoms with Crippen LogP contribution < -0.4 is 10.6 Å². The number of carbonyl (C=O) groups is 2. The molecule has 0 aliphatic carbocycles. The molecule has 0 saturated heterocycles. The Hall–Kier alpha value is -2.58. The zero-order valence-electron chi connectivity index (χ0n) is 12.6. The van der Waals surface area contributed by atoms with Gasteiger partial charge in [0.1, 0.15) is 10.7 Å². The molecule has 3 aromatic rings. The van der Waals surface area contributed by atoms with Crippen LogP contribution in [0.4, 0.5) is 5.69 Å². The second kappa shape index (κ2) is 7.80. The normalized spacial score (nSPS) is 10.3. The number of nitrogens with zero attached hydrogens (tertiary/aromatic N) is 2. The molecule has 0 aliphatic heterocycles. The molecule has 0 atom stereocenters. The molecule has 3 heterocycles. The number of nitrogens with one attached hydrogen (secondary N) is 2. The first kappa shape index (κ1) is 16.3. The minimum Gasteiger partial charge on any atom is -0.350 e. The number of aromatic nitrogens is 2. The van der Waals surface area contributed by atoms with Crippen molar-refractivity contribution < 1.29 is 9.59 Å². The predicted molar refractivity (Wildman–Crippen MR) is 95.2 cm³/mol. The summed E-state index contributed by atoms with van der Waals surface area (Å²) in [5, 5.41) is 9.94. The molecular formula is C16H14N4O2S2. The molecule has 2 N–H and O–H groups in total. The second-order valence-corrected chi connectivity index (χ2v) is 6.62. The highest BCUT2D eigenvalue weighted by atomic mass is 32.1. The Labute approximate surface area is 146 Å². The van der Waals surface area contributed by atoms with Gasteiger partial charge in [-0.1, -0.05) is 6.07 Å². The molecule has 0 unspecified atom stereocenters. The molecule has 3 rings (SSSR count). The molecule has 0 aromatic carbocycles. The van der Waals surface area contributed by atoms with E-state index in [9.17, 15) is 9.59 Å². The standard InChI is InChI=1S/C16H14N4O2S2/c21-14(19-11-3-1-6-17-9-11)5-7-18-15(22)12-10-24-16(20-12)13-4-2-8-23-13/h1-4,6,8-10H,5,7H2,(H,18,22)(H,19,21). The fraction of sp³-hybridized carbons (Fsp3) is 0.125. The van der Waals surface area contributed by atoms with Gasteiger partial charge < -0.3 is 10.6 Å². The van der Waals surface area contributed by atoms with Crippen LogP contribution in [-0.4, -0.2) is 28.3 Å². The molecule has 6 nitrogen and oxygen atoms in total. The summed E-state index contributed by atoms with van der Waals surface area (Å²) in [5.41, 5.74) is 1.00. The van der Waals surface area contributed by atoms with Gasteiger partial charge in [-0.3, -0.25) is 14.6 Å². The van der Waals surface area contributed by atoms with Gasteiger partial charge in [0.05, 0.1) is 16.8 Å². The minimum absolute atomic E-state index is 0.180. The summed E-state index contributed by atoms with van der Waals surface area (Å²) in [7, 11) is 0. The quantitative estimate of drug-likeness (QED) is 0.709. The number of rotatable bonds is 6. The second-order valence-electron chi connectivity index (χ2n) is 4.81. The highest BCUT2D eigenvalue weighted by Crippen LogP contribution is 2.27. The fourth-order valence-corrected chi connectivity index (χ4v) is 3.55. The monoisotopic (exact) mass is 358 g/mol. The minimum atomic E-state index is -0.275. The fourth-order valence-electron chi connectivity index (χ4n) is 1.93. The zero-order chi connectivity index (χ0) is 16.8. The van der Waals surface area contributed by atoms with Gasteiger partial charge in [-0.2, -0.15) is 0 Å². The van der Waals surface area contributed by atoms with Crippen molar-refractivity contribution in [2.45, 2.75) is 6.42 Å². The van der Waals surface area contributed by atoms with E-state index >= 15 is 0 Å². The average molecular weight is 358 g/mol. The van der Waals surface area contributed by atoms with Crippen LogP contribution in [0.5, 0.6) is 0 Å². The molecule has 24 heavy (non-hydrogen) atoms. The van der Waals surface area contributed by atoms with Crippen molar-refractivity contribution in [2.75, 3.05) is 11.9 Å². The number of pyridine rings is 1. The molecule has 0 aliphatic rings. The molecule has 0 saturated carbocycles. The van der Waals surface area contributed by atoms with Crippen LogP contribution in [0.25, 0.3) is 9.88 Å². The van der Waals surface area contributed by atoms with Crippen LogP contribution in [0.15, 0.2) is 47.4 Å². The summed E-state index contributed by atoms with van der Waals surface area (Å²) < 4.78 is 0. The lowest BCUT2D eigenvalue weighted by atomic mass is 10.3. The van der Waals surface area contributed by atoms with Crippen molar-refractivity contribution in [2.24, 2.45) is 0 Å². The van der Waals surface area contributed by atoms with Crippen LogP contribution in [0, 0.1) is 0 Å². The van der Waals surface area contributed by atoms with E-state index in [0.29, 0.717) is 11.4 Å². The van der Waals surface area contributed by atoms with Gasteiger partial charge in [0, 0.05) is 24.5 Å². The van der Waals surface area contributed by atoms with E-state index in [0.717, 1.165) is 9.88 Å².